The monoisotopic (exact) mass is 404 g/mol. The molecule has 0 radical (unpaired) electrons. The smallest absolute Gasteiger partial charge is 0.262 e. The van der Waals surface area contributed by atoms with Gasteiger partial charge in [-0.25, -0.2) is 8.42 Å². The van der Waals surface area contributed by atoms with Crippen molar-refractivity contribution in [1.29, 1.82) is 0 Å². The van der Waals surface area contributed by atoms with E-state index in [1.165, 1.54) is 32.4 Å². The molecule has 1 aliphatic heterocycles. The van der Waals surface area contributed by atoms with Gasteiger partial charge in [0.2, 0.25) is 0 Å². The zero-order valence-corrected chi connectivity index (χ0v) is 16.8. The topological polar surface area (TPSA) is 84.9 Å². The zero-order valence-electron chi connectivity index (χ0n) is 16.0. The highest BCUT2D eigenvalue weighted by Crippen LogP contribution is 2.30. The van der Waals surface area contributed by atoms with E-state index < -0.39 is 10.0 Å². The van der Waals surface area contributed by atoms with Crippen LogP contribution in [-0.2, 0) is 10.0 Å². The molecule has 3 rings (SSSR count). The van der Waals surface area contributed by atoms with E-state index >= 15 is 0 Å². The molecule has 0 atom stereocenters. The molecule has 1 amide bonds. The molecule has 150 valence electrons. The van der Waals surface area contributed by atoms with Gasteiger partial charge in [-0.3, -0.25) is 9.52 Å². The fraction of sp³-hybridized carbons (Fsp3) is 0.350. The lowest BCUT2D eigenvalue weighted by Crippen LogP contribution is -2.35. The molecule has 0 aliphatic carbocycles. The van der Waals surface area contributed by atoms with Gasteiger partial charge in [-0.05, 0) is 55.7 Å². The molecule has 0 spiro atoms. The number of ether oxygens (including phenoxy) is 2. The van der Waals surface area contributed by atoms with Crippen LogP contribution in [0.1, 0.15) is 29.6 Å². The Morgan fingerprint density at radius 2 is 1.57 bits per heavy atom. The molecule has 0 unspecified atom stereocenters. The van der Waals surface area contributed by atoms with E-state index in [1.807, 2.05) is 4.90 Å². The van der Waals surface area contributed by atoms with Gasteiger partial charge in [-0.15, -0.1) is 0 Å². The predicted octanol–water partition coefficient (Wildman–Crippen LogP) is 3.13. The van der Waals surface area contributed by atoms with Gasteiger partial charge < -0.3 is 14.4 Å². The summed E-state index contributed by atoms with van der Waals surface area (Å²) in [6, 6.07) is 10.8. The summed E-state index contributed by atoms with van der Waals surface area (Å²) in [5.41, 5.74) is 0.931. The van der Waals surface area contributed by atoms with Gasteiger partial charge in [0, 0.05) is 30.4 Å². The van der Waals surface area contributed by atoms with E-state index in [9.17, 15) is 13.2 Å². The van der Waals surface area contributed by atoms with Crippen LogP contribution in [0.2, 0.25) is 0 Å². The Hall–Kier alpha value is -2.74. The average molecular weight is 404 g/mol. The molecule has 0 saturated carbocycles. The Morgan fingerprint density at radius 1 is 0.929 bits per heavy atom. The molecular formula is C20H24N2O5S. The summed E-state index contributed by atoms with van der Waals surface area (Å²) in [5, 5.41) is 0. The summed E-state index contributed by atoms with van der Waals surface area (Å²) < 4.78 is 38.1. The summed E-state index contributed by atoms with van der Waals surface area (Å²) in [4.78, 5) is 14.4. The molecule has 0 bridgehead atoms. The molecule has 8 heteroatoms. The largest absolute Gasteiger partial charge is 0.493 e. The number of anilines is 1. The van der Waals surface area contributed by atoms with Crippen LogP contribution in [0.3, 0.4) is 0 Å². The lowest BCUT2D eigenvalue weighted by atomic mass is 10.1. The van der Waals surface area contributed by atoms with Gasteiger partial charge in [0.25, 0.3) is 15.9 Å². The summed E-state index contributed by atoms with van der Waals surface area (Å²) in [5.74, 6) is 0.754. The zero-order chi connectivity index (χ0) is 20.1. The van der Waals surface area contributed by atoms with Crippen molar-refractivity contribution in [3.05, 3.63) is 48.0 Å². The summed E-state index contributed by atoms with van der Waals surface area (Å²) in [7, 11) is -0.878. The van der Waals surface area contributed by atoms with Gasteiger partial charge in [0.05, 0.1) is 19.1 Å². The van der Waals surface area contributed by atoms with E-state index in [4.69, 9.17) is 9.47 Å². The molecule has 2 aromatic carbocycles. The summed E-state index contributed by atoms with van der Waals surface area (Å²) in [6.07, 6.45) is 3.20. The maximum atomic E-state index is 12.7. The van der Waals surface area contributed by atoms with Gasteiger partial charge in [0.15, 0.2) is 11.5 Å². The van der Waals surface area contributed by atoms with E-state index in [2.05, 4.69) is 4.72 Å². The van der Waals surface area contributed by atoms with Gasteiger partial charge in [-0.1, -0.05) is 0 Å². The van der Waals surface area contributed by atoms with Crippen LogP contribution in [0.25, 0.3) is 0 Å². The second-order valence-corrected chi connectivity index (χ2v) is 8.23. The average Bonchev–Trinajstić information content (AvgIpc) is 2.73. The Bertz CT molecular complexity index is 936. The fourth-order valence-electron chi connectivity index (χ4n) is 3.16. The lowest BCUT2D eigenvalue weighted by Gasteiger charge is -2.26. The first-order valence-corrected chi connectivity index (χ1v) is 10.6. The number of amides is 1. The minimum absolute atomic E-state index is 0.0194. The maximum absolute atomic E-state index is 12.7. The molecule has 1 heterocycles. The van der Waals surface area contributed by atoms with Crippen molar-refractivity contribution in [2.45, 2.75) is 24.2 Å². The van der Waals surface area contributed by atoms with E-state index in [0.717, 1.165) is 32.4 Å². The first kappa shape index (κ1) is 20.0. The van der Waals surface area contributed by atoms with Crippen molar-refractivity contribution in [3.8, 4) is 11.5 Å². The van der Waals surface area contributed by atoms with Crippen LogP contribution in [0.15, 0.2) is 47.4 Å². The SMILES string of the molecule is COc1ccc(S(=O)(=O)Nc2ccc(C(=O)N3CCCCC3)cc2)cc1OC. The molecule has 1 fully saturated rings. The van der Waals surface area contributed by atoms with Crippen molar-refractivity contribution in [2.24, 2.45) is 0 Å². The number of carbonyl (C=O) groups excluding carboxylic acids is 1. The first-order chi connectivity index (χ1) is 13.4. The Balaban J connectivity index is 1.75. The van der Waals surface area contributed by atoms with Crippen LogP contribution >= 0.6 is 0 Å². The third kappa shape index (κ3) is 4.39. The molecule has 2 aromatic rings. The molecule has 28 heavy (non-hydrogen) atoms. The summed E-state index contributed by atoms with van der Waals surface area (Å²) >= 11 is 0. The number of methoxy groups -OCH3 is 2. The minimum Gasteiger partial charge on any atom is -0.493 e. The Morgan fingerprint density at radius 3 is 2.18 bits per heavy atom. The molecule has 1 N–H and O–H groups in total. The van der Waals surface area contributed by atoms with Crippen LogP contribution < -0.4 is 14.2 Å². The highest BCUT2D eigenvalue weighted by atomic mass is 32.2. The van der Waals surface area contributed by atoms with Crippen LogP contribution in [0.4, 0.5) is 5.69 Å². The van der Waals surface area contributed by atoms with Crippen molar-refractivity contribution in [2.75, 3.05) is 32.0 Å². The highest BCUT2D eigenvalue weighted by Gasteiger charge is 2.20. The van der Waals surface area contributed by atoms with E-state index in [1.54, 1.807) is 24.3 Å². The van der Waals surface area contributed by atoms with E-state index in [-0.39, 0.29) is 10.8 Å². The number of nitrogens with one attached hydrogen (secondary N) is 1. The second-order valence-electron chi connectivity index (χ2n) is 6.55. The standard InChI is InChI=1S/C20H24N2O5S/c1-26-18-11-10-17(14-19(18)27-2)28(24,25)21-16-8-6-15(7-9-16)20(23)22-12-4-3-5-13-22/h6-11,14,21H,3-5,12-13H2,1-2H3. The molecular weight excluding hydrogens is 380 g/mol. The fourth-order valence-corrected chi connectivity index (χ4v) is 4.23. The van der Waals surface area contributed by atoms with Crippen LogP contribution in [0, 0.1) is 0 Å². The first-order valence-electron chi connectivity index (χ1n) is 9.09. The van der Waals surface area contributed by atoms with Crippen LogP contribution in [-0.4, -0.2) is 46.5 Å². The number of likely N-dealkylation sites (tertiary alicyclic amines) is 1. The third-order valence-corrected chi connectivity index (χ3v) is 6.07. The summed E-state index contributed by atoms with van der Waals surface area (Å²) in [6.45, 7) is 1.54. The number of sulfonamides is 1. The molecule has 1 saturated heterocycles. The number of piperidine rings is 1. The molecule has 7 nitrogen and oxygen atoms in total. The predicted molar refractivity (Wildman–Crippen MR) is 107 cm³/mol. The van der Waals surface area contributed by atoms with Crippen LogP contribution in [0.5, 0.6) is 11.5 Å². The quantitative estimate of drug-likeness (QED) is 0.800. The number of hydrogen-bond donors (Lipinski definition) is 1. The minimum atomic E-state index is -3.81. The Kier molecular flexibility index (Phi) is 6.08. The molecule has 1 aliphatic rings. The normalized spacial score (nSPS) is 14.4. The number of rotatable bonds is 6. The van der Waals surface area contributed by atoms with Gasteiger partial charge in [-0.2, -0.15) is 0 Å². The maximum Gasteiger partial charge on any atom is 0.262 e. The van der Waals surface area contributed by atoms with Crippen molar-refractivity contribution >= 4 is 21.6 Å². The third-order valence-electron chi connectivity index (χ3n) is 4.69. The second kappa shape index (κ2) is 8.52. The van der Waals surface area contributed by atoms with E-state index in [0.29, 0.717) is 22.7 Å². The number of hydrogen-bond acceptors (Lipinski definition) is 5. The Labute approximate surface area is 165 Å². The lowest BCUT2D eigenvalue weighted by molar-refractivity contribution is 0.0724. The number of nitrogens with zero attached hydrogens (tertiary/aromatic N) is 1. The number of carbonyl (C=O) groups is 1. The van der Waals surface area contributed by atoms with Crippen molar-refractivity contribution in [3.63, 3.8) is 0 Å². The van der Waals surface area contributed by atoms with Crippen molar-refractivity contribution in [1.82, 2.24) is 4.90 Å². The van der Waals surface area contributed by atoms with Gasteiger partial charge >= 0.3 is 0 Å². The highest BCUT2D eigenvalue weighted by molar-refractivity contribution is 7.92. The molecule has 0 aromatic heterocycles. The van der Waals surface area contributed by atoms with Crippen molar-refractivity contribution < 1.29 is 22.7 Å². The number of benzene rings is 2. The van der Waals surface area contributed by atoms with Gasteiger partial charge in [0.1, 0.15) is 0 Å².